The van der Waals surface area contributed by atoms with Gasteiger partial charge >= 0.3 is 5.97 Å². The minimum atomic E-state index is -0.265. The van der Waals surface area contributed by atoms with Gasteiger partial charge in [0.1, 0.15) is 6.54 Å². The molecule has 98 valence electrons. The standard InChI is InChI=1S/C14H19NO3/c1-4-9-15(10-14(17)18-3)13-7-5-12(6-8-13)11(2)16/h5-8H,4,9-10H2,1-3H3. The summed E-state index contributed by atoms with van der Waals surface area (Å²) in [5.41, 5.74) is 1.60. The Hall–Kier alpha value is -1.84. The van der Waals surface area contributed by atoms with Gasteiger partial charge in [-0.25, -0.2) is 0 Å². The highest BCUT2D eigenvalue weighted by atomic mass is 16.5. The van der Waals surface area contributed by atoms with Crippen LogP contribution in [0, 0.1) is 0 Å². The third-order valence-electron chi connectivity index (χ3n) is 2.68. The second-order valence-electron chi connectivity index (χ2n) is 4.10. The van der Waals surface area contributed by atoms with Crippen molar-refractivity contribution in [2.24, 2.45) is 0 Å². The summed E-state index contributed by atoms with van der Waals surface area (Å²) in [7, 11) is 1.38. The van der Waals surface area contributed by atoms with Gasteiger partial charge in [-0.1, -0.05) is 6.92 Å². The third kappa shape index (κ3) is 3.87. The van der Waals surface area contributed by atoms with E-state index in [9.17, 15) is 9.59 Å². The van der Waals surface area contributed by atoms with E-state index in [2.05, 4.69) is 4.74 Å². The molecule has 0 aliphatic carbocycles. The van der Waals surface area contributed by atoms with Crippen LogP contribution in [0.5, 0.6) is 0 Å². The zero-order valence-corrected chi connectivity index (χ0v) is 11.1. The smallest absolute Gasteiger partial charge is 0.325 e. The first kappa shape index (κ1) is 14.2. The zero-order chi connectivity index (χ0) is 13.5. The minimum Gasteiger partial charge on any atom is -0.468 e. The van der Waals surface area contributed by atoms with Gasteiger partial charge in [0.15, 0.2) is 5.78 Å². The van der Waals surface area contributed by atoms with Crippen LogP contribution in [0.15, 0.2) is 24.3 Å². The van der Waals surface area contributed by atoms with Gasteiger partial charge in [-0.2, -0.15) is 0 Å². The van der Waals surface area contributed by atoms with Crippen molar-refractivity contribution in [3.8, 4) is 0 Å². The van der Waals surface area contributed by atoms with Gasteiger partial charge in [0.05, 0.1) is 7.11 Å². The molecule has 0 atom stereocenters. The largest absolute Gasteiger partial charge is 0.468 e. The average molecular weight is 249 g/mol. The van der Waals surface area contributed by atoms with Crippen molar-refractivity contribution in [2.45, 2.75) is 20.3 Å². The number of hydrogen-bond acceptors (Lipinski definition) is 4. The van der Waals surface area contributed by atoms with E-state index in [1.54, 1.807) is 12.1 Å². The Labute approximate surface area is 108 Å². The second kappa shape index (κ2) is 6.79. The van der Waals surface area contributed by atoms with Crippen molar-refractivity contribution in [3.05, 3.63) is 29.8 Å². The topological polar surface area (TPSA) is 46.6 Å². The van der Waals surface area contributed by atoms with Crippen molar-refractivity contribution in [3.63, 3.8) is 0 Å². The predicted octanol–water partition coefficient (Wildman–Crippen LogP) is 2.28. The van der Waals surface area contributed by atoms with Crippen molar-refractivity contribution in [1.82, 2.24) is 0 Å². The Balaban J connectivity index is 2.84. The maximum absolute atomic E-state index is 11.3. The number of ether oxygens (including phenoxy) is 1. The summed E-state index contributed by atoms with van der Waals surface area (Å²) < 4.78 is 4.68. The molecular weight excluding hydrogens is 230 g/mol. The number of rotatable bonds is 6. The lowest BCUT2D eigenvalue weighted by molar-refractivity contribution is -0.138. The first-order valence-electron chi connectivity index (χ1n) is 6.01. The molecule has 0 spiro atoms. The Bertz CT molecular complexity index is 412. The van der Waals surface area contributed by atoms with Crippen LogP contribution in [0.25, 0.3) is 0 Å². The van der Waals surface area contributed by atoms with Crippen LogP contribution < -0.4 is 4.90 Å². The molecule has 0 unspecified atom stereocenters. The first-order chi connectivity index (χ1) is 8.58. The minimum absolute atomic E-state index is 0.0385. The lowest BCUT2D eigenvalue weighted by Gasteiger charge is -2.23. The van der Waals surface area contributed by atoms with Gasteiger partial charge in [-0.3, -0.25) is 9.59 Å². The summed E-state index contributed by atoms with van der Waals surface area (Å²) in [5, 5.41) is 0. The monoisotopic (exact) mass is 249 g/mol. The number of hydrogen-bond donors (Lipinski definition) is 0. The number of carbonyl (C=O) groups excluding carboxylic acids is 2. The number of carbonyl (C=O) groups is 2. The Kier molecular flexibility index (Phi) is 5.36. The highest BCUT2D eigenvalue weighted by Gasteiger charge is 2.11. The van der Waals surface area contributed by atoms with Gasteiger partial charge in [-0.15, -0.1) is 0 Å². The van der Waals surface area contributed by atoms with Crippen molar-refractivity contribution >= 4 is 17.4 Å². The maximum atomic E-state index is 11.3. The predicted molar refractivity (Wildman–Crippen MR) is 71.0 cm³/mol. The van der Waals surface area contributed by atoms with Crippen LogP contribution in [-0.4, -0.2) is 32.0 Å². The van der Waals surface area contributed by atoms with E-state index in [1.165, 1.54) is 14.0 Å². The summed E-state index contributed by atoms with van der Waals surface area (Å²) in [4.78, 5) is 24.5. The molecule has 1 aromatic carbocycles. The number of methoxy groups -OCH3 is 1. The molecule has 0 bridgehead atoms. The van der Waals surface area contributed by atoms with Crippen LogP contribution in [0.1, 0.15) is 30.6 Å². The molecular formula is C14H19NO3. The van der Waals surface area contributed by atoms with E-state index in [0.29, 0.717) is 5.56 Å². The Morgan fingerprint density at radius 3 is 2.28 bits per heavy atom. The number of ketones is 1. The maximum Gasteiger partial charge on any atom is 0.325 e. The van der Waals surface area contributed by atoms with Crippen molar-refractivity contribution in [1.29, 1.82) is 0 Å². The van der Waals surface area contributed by atoms with Gasteiger partial charge in [0.25, 0.3) is 0 Å². The van der Waals surface area contributed by atoms with Crippen LogP contribution in [0.2, 0.25) is 0 Å². The third-order valence-corrected chi connectivity index (χ3v) is 2.68. The average Bonchev–Trinajstić information content (AvgIpc) is 2.38. The van der Waals surface area contributed by atoms with Gasteiger partial charge in [0.2, 0.25) is 0 Å². The summed E-state index contributed by atoms with van der Waals surface area (Å²) >= 11 is 0. The van der Waals surface area contributed by atoms with Gasteiger partial charge in [-0.05, 0) is 37.6 Å². The van der Waals surface area contributed by atoms with E-state index in [0.717, 1.165) is 18.7 Å². The lowest BCUT2D eigenvalue weighted by Crippen LogP contribution is -2.31. The van der Waals surface area contributed by atoms with Crippen LogP contribution in [0.3, 0.4) is 0 Å². The Morgan fingerprint density at radius 1 is 1.22 bits per heavy atom. The van der Waals surface area contributed by atoms with Crippen LogP contribution in [-0.2, 0) is 9.53 Å². The lowest BCUT2D eigenvalue weighted by atomic mass is 10.1. The van der Waals surface area contributed by atoms with Crippen LogP contribution in [0.4, 0.5) is 5.69 Å². The van der Waals surface area contributed by atoms with E-state index in [4.69, 9.17) is 0 Å². The molecule has 0 heterocycles. The highest BCUT2D eigenvalue weighted by molar-refractivity contribution is 5.94. The summed E-state index contributed by atoms with van der Waals surface area (Å²) in [6.45, 7) is 4.58. The molecule has 4 heteroatoms. The van der Waals surface area contributed by atoms with E-state index < -0.39 is 0 Å². The highest BCUT2D eigenvalue weighted by Crippen LogP contribution is 2.16. The van der Waals surface area contributed by atoms with Crippen molar-refractivity contribution < 1.29 is 14.3 Å². The number of Topliss-reactive ketones (excluding diaryl/α,β-unsaturated/α-hetero) is 1. The number of anilines is 1. The summed E-state index contributed by atoms with van der Waals surface area (Å²) in [6, 6.07) is 7.26. The summed E-state index contributed by atoms with van der Waals surface area (Å²) in [5.74, 6) is -0.226. The molecule has 0 amide bonds. The molecule has 0 aromatic heterocycles. The zero-order valence-electron chi connectivity index (χ0n) is 11.1. The molecule has 0 N–H and O–H groups in total. The first-order valence-corrected chi connectivity index (χ1v) is 6.01. The Morgan fingerprint density at radius 2 is 1.83 bits per heavy atom. The molecule has 0 aliphatic rings. The quantitative estimate of drug-likeness (QED) is 0.573. The van der Waals surface area contributed by atoms with Gasteiger partial charge < -0.3 is 9.64 Å². The van der Waals surface area contributed by atoms with E-state index in [-0.39, 0.29) is 18.3 Å². The number of benzene rings is 1. The normalized spacial score (nSPS) is 9.94. The van der Waals surface area contributed by atoms with Gasteiger partial charge in [0, 0.05) is 17.8 Å². The molecule has 0 radical (unpaired) electrons. The molecule has 4 nitrogen and oxygen atoms in total. The molecule has 0 saturated heterocycles. The molecule has 1 rings (SSSR count). The molecule has 1 aromatic rings. The van der Waals surface area contributed by atoms with Crippen molar-refractivity contribution in [2.75, 3.05) is 25.1 Å². The number of esters is 1. The van der Waals surface area contributed by atoms with E-state index in [1.807, 2.05) is 24.0 Å². The fourth-order valence-corrected chi connectivity index (χ4v) is 1.70. The molecule has 0 aliphatic heterocycles. The molecule has 0 saturated carbocycles. The SMILES string of the molecule is CCCN(CC(=O)OC)c1ccc(C(C)=O)cc1. The summed E-state index contributed by atoms with van der Waals surface area (Å²) in [6.07, 6.45) is 0.936. The fourth-order valence-electron chi connectivity index (χ4n) is 1.70. The van der Waals surface area contributed by atoms with E-state index >= 15 is 0 Å². The van der Waals surface area contributed by atoms with Crippen LogP contribution >= 0.6 is 0 Å². The number of nitrogens with zero attached hydrogens (tertiary/aromatic N) is 1. The molecule has 18 heavy (non-hydrogen) atoms. The fraction of sp³-hybridized carbons (Fsp3) is 0.429. The second-order valence-corrected chi connectivity index (χ2v) is 4.10. The molecule has 0 fully saturated rings.